The number of ether oxygens (including phenoxy) is 1. The number of nitrogens with two attached hydrogens (primary N) is 1. The van der Waals surface area contributed by atoms with Crippen LogP contribution in [0.2, 0.25) is 0 Å². The molecule has 1 aromatic rings. The van der Waals surface area contributed by atoms with Gasteiger partial charge in [0.25, 0.3) is 0 Å². The number of carbonyl (C=O) groups excluding carboxylic acids is 1. The van der Waals surface area contributed by atoms with E-state index in [2.05, 4.69) is 4.98 Å². The summed E-state index contributed by atoms with van der Waals surface area (Å²) >= 11 is 0. The Hall–Kier alpha value is -1.78. The highest BCUT2D eigenvalue weighted by molar-refractivity contribution is 5.68. The lowest BCUT2D eigenvalue weighted by molar-refractivity contribution is 0.0283. The second-order valence-electron chi connectivity index (χ2n) is 4.88. The van der Waals surface area contributed by atoms with Gasteiger partial charge in [0.2, 0.25) is 0 Å². The summed E-state index contributed by atoms with van der Waals surface area (Å²) in [6, 6.07) is 3.51. The number of rotatable bonds is 2. The van der Waals surface area contributed by atoms with Gasteiger partial charge in [-0.25, -0.2) is 4.79 Å². The second kappa shape index (κ2) is 5.03. The van der Waals surface area contributed by atoms with Crippen LogP contribution in [0.3, 0.4) is 0 Å². The van der Waals surface area contributed by atoms with Gasteiger partial charge in [-0.3, -0.25) is 4.98 Å². The first-order valence-corrected chi connectivity index (χ1v) is 5.43. The average molecular weight is 237 g/mol. The lowest BCUT2D eigenvalue weighted by atomic mass is 10.2. The number of aromatic nitrogens is 1. The van der Waals surface area contributed by atoms with E-state index in [1.807, 2.05) is 20.8 Å². The topological polar surface area (TPSA) is 68.5 Å². The molecule has 1 amide bonds. The highest BCUT2D eigenvalue weighted by atomic mass is 16.6. The number of nitrogen functional groups attached to an aromatic ring is 1. The van der Waals surface area contributed by atoms with Crippen molar-refractivity contribution in [2.24, 2.45) is 0 Å². The second-order valence-corrected chi connectivity index (χ2v) is 4.88. The van der Waals surface area contributed by atoms with Gasteiger partial charge in [-0.2, -0.15) is 0 Å². The maximum atomic E-state index is 11.7. The van der Waals surface area contributed by atoms with Crippen LogP contribution in [0.25, 0.3) is 0 Å². The normalized spacial score (nSPS) is 11.1. The molecule has 5 nitrogen and oxygen atoms in total. The van der Waals surface area contributed by atoms with Crippen molar-refractivity contribution in [3.8, 4) is 0 Å². The fraction of sp³-hybridized carbons (Fsp3) is 0.500. The monoisotopic (exact) mass is 237 g/mol. The fourth-order valence-electron chi connectivity index (χ4n) is 1.21. The Morgan fingerprint density at radius 1 is 1.53 bits per heavy atom. The lowest BCUT2D eigenvalue weighted by Crippen LogP contribution is -2.34. The Labute approximate surface area is 102 Å². The molecule has 0 spiro atoms. The predicted molar refractivity (Wildman–Crippen MR) is 66.4 cm³/mol. The first-order valence-electron chi connectivity index (χ1n) is 5.43. The number of amides is 1. The molecule has 2 N–H and O–H groups in total. The third kappa shape index (κ3) is 4.30. The average Bonchev–Trinajstić information content (AvgIpc) is 2.18. The molecule has 0 bridgehead atoms. The van der Waals surface area contributed by atoms with Crippen molar-refractivity contribution in [3.63, 3.8) is 0 Å². The summed E-state index contributed by atoms with van der Waals surface area (Å²) in [6.45, 7) is 5.82. The maximum Gasteiger partial charge on any atom is 0.410 e. The van der Waals surface area contributed by atoms with Crippen LogP contribution in [0.1, 0.15) is 26.5 Å². The van der Waals surface area contributed by atoms with Gasteiger partial charge in [-0.1, -0.05) is 0 Å². The van der Waals surface area contributed by atoms with E-state index in [-0.39, 0.29) is 6.09 Å². The van der Waals surface area contributed by atoms with Crippen molar-refractivity contribution in [2.45, 2.75) is 32.9 Å². The molecule has 0 fully saturated rings. The Kier molecular flexibility index (Phi) is 3.93. The number of carbonyl (C=O) groups is 1. The maximum absolute atomic E-state index is 11.7. The Morgan fingerprint density at radius 3 is 2.71 bits per heavy atom. The van der Waals surface area contributed by atoms with Gasteiger partial charge >= 0.3 is 6.09 Å². The summed E-state index contributed by atoms with van der Waals surface area (Å²) in [5.41, 5.74) is 6.50. The molecule has 0 unspecified atom stereocenters. The zero-order valence-electron chi connectivity index (χ0n) is 10.7. The molecule has 0 saturated carbocycles. The van der Waals surface area contributed by atoms with Crippen LogP contribution in [0.4, 0.5) is 10.5 Å². The molecule has 17 heavy (non-hydrogen) atoms. The molecular formula is C12H19N3O2. The Bertz CT molecular complexity index is 399. The van der Waals surface area contributed by atoms with Crippen LogP contribution in [-0.4, -0.2) is 28.6 Å². The highest BCUT2D eigenvalue weighted by Crippen LogP contribution is 2.13. The van der Waals surface area contributed by atoms with Crippen molar-refractivity contribution in [1.29, 1.82) is 0 Å². The van der Waals surface area contributed by atoms with E-state index in [1.54, 1.807) is 25.4 Å². The number of pyridine rings is 1. The van der Waals surface area contributed by atoms with E-state index in [1.165, 1.54) is 4.90 Å². The van der Waals surface area contributed by atoms with Gasteiger partial charge in [0.1, 0.15) is 5.60 Å². The van der Waals surface area contributed by atoms with Crippen LogP contribution in [0, 0.1) is 0 Å². The molecule has 0 radical (unpaired) electrons. The minimum atomic E-state index is -0.499. The number of hydrogen-bond acceptors (Lipinski definition) is 4. The third-order valence-electron chi connectivity index (χ3n) is 2.02. The Morgan fingerprint density at radius 2 is 2.18 bits per heavy atom. The third-order valence-corrected chi connectivity index (χ3v) is 2.02. The first-order chi connectivity index (χ1) is 7.79. The predicted octanol–water partition coefficient (Wildman–Crippen LogP) is 2.03. The Balaban J connectivity index is 2.64. The number of anilines is 1. The van der Waals surface area contributed by atoms with E-state index >= 15 is 0 Å². The molecule has 5 heteroatoms. The van der Waals surface area contributed by atoms with Gasteiger partial charge in [0.05, 0.1) is 17.9 Å². The minimum absolute atomic E-state index is 0.335. The van der Waals surface area contributed by atoms with Crippen LogP contribution < -0.4 is 5.73 Å². The van der Waals surface area contributed by atoms with E-state index < -0.39 is 5.60 Å². The van der Waals surface area contributed by atoms with Gasteiger partial charge in [0.15, 0.2) is 0 Å². The van der Waals surface area contributed by atoms with Gasteiger partial charge in [-0.15, -0.1) is 0 Å². The summed E-state index contributed by atoms with van der Waals surface area (Å²) < 4.78 is 5.23. The molecular weight excluding hydrogens is 218 g/mol. The largest absolute Gasteiger partial charge is 0.444 e. The minimum Gasteiger partial charge on any atom is -0.444 e. The molecule has 94 valence electrons. The summed E-state index contributed by atoms with van der Waals surface area (Å²) in [4.78, 5) is 17.3. The zero-order chi connectivity index (χ0) is 13.1. The van der Waals surface area contributed by atoms with E-state index in [9.17, 15) is 4.79 Å². The van der Waals surface area contributed by atoms with Crippen molar-refractivity contribution in [3.05, 3.63) is 24.0 Å². The van der Waals surface area contributed by atoms with Crippen LogP contribution in [-0.2, 0) is 11.3 Å². The van der Waals surface area contributed by atoms with Gasteiger partial charge in [0, 0.05) is 13.2 Å². The van der Waals surface area contributed by atoms with Gasteiger partial charge < -0.3 is 15.4 Å². The summed E-state index contributed by atoms with van der Waals surface area (Å²) in [6.07, 6.45) is 1.26. The molecule has 1 rings (SSSR count). The van der Waals surface area contributed by atoms with Gasteiger partial charge in [-0.05, 0) is 32.9 Å². The standard InChI is InChI=1S/C12H19N3O2/c1-12(2,3)17-11(16)15(4)8-10-9(13)6-5-7-14-10/h5-7H,8,13H2,1-4H3. The molecule has 1 heterocycles. The number of nitrogens with zero attached hydrogens (tertiary/aromatic N) is 2. The molecule has 1 aromatic heterocycles. The summed E-state index contributed by atoms with van der Waals surface area (Å²) in [7, 11) is 1.65. The van der Waals surface area contributed by atoms with E-state index in [4.69, 9.17) is 10.5 Å². The first kappa shape index (κ1) is 13.3. The molecule has 0 saturated heterocycles. The SMILES string of the molecule is CN(Cc1ncccc1N)C(=O)OC(C)(C)C. The van der Waals surface area contributed by atoms with E-state index in [0.717, 1.165) is 0 Å². The molecule has 0 aliphatic heterocycles. The van der Waals surface area contributed by atoms with Crippen LogP contribution >= 0.6 is 0 Å². The lowest BCUT2D eigenvalue weighted by Gasteiger charge is -2.24. The molecule has 0 aromatic carbocycles. The van der Waals surface area contributed by atoms with E-state index in [0.29, 0.717) is 17.9 Å². The summed E-state index contributed by atoms with van der Waals surface area (Å²) in [5, 5.41) is 0. The van der Waals surface area contributed by atoms with Crippen molar-refractivity contribution >= 4 is 11.8 Å². The van der Waals surface area contributed by atoms with Crippen molar-refractivity contribution in [1.82, 2.24) is 9.88 Å². The van der Waals surface area contributed by atoms with Crippen molar-refractivity contribution < 1.29 is 9.53 Å². The van der Waals surface area contributed by atoms with Crippen LogP contribution in [0.15, 0.2) is 18.3 Å². The zero-order valence-corrected chi connectivity index (χ0v) is 10.7. The smallest absolute Gasteiger partial charge is 0.410 e. The molecule has 0 aliphatic rings. The fourth-order valence-corrected chi connectivity index (χ4v) is 1.21. The van der Waals surface area contributed by atoms with Crippen molar-refractivity contribution in [2.75, 3.05) is 12.8 Å². The summed E-state index contributed by atoms with van der Waals surface area (Å²) in [5.74, 6) is 0. The van der Waals surface area contributed by atoms with Crippen LogP contribution in [0.5, 0.6) is 0 Å². The molecule has 0 atom stereocenters. The quantitative estimate of drug-likeness (QED) is 0.854. The number of hydrogen-bond donors (Lipinski definition) is 1. The highest BCUT2D eigenvalue weighted by Gasteiger charge is 2.20. The molecule has 0 aliphatic carbocycles.